The fourth-order valence-corrected chi connectivity index (χ4v) is 4.46. The second-order valence-corrected chi connectivity index (χ2v) is 9.43. The molecule has 36 heavy (non-hydrogen) atoms. The van der Waals surface area contributed by atoms with E-state index in [1.54, 1.807) is 0 Å². The van der Waals surface area contributed by atoms with E-state index in [0.717, 1.165) is 68.8 Å². The molecule has 0 atom stereocenters. The summed E-state index contributed by atoms with van der Waals surface area (Å²) in [6.45, 7) is 6.55. The third-order valence-corrected chi connectivity index (χ3v) is 6.51. The first-order valence-electron chi connectivity index (χ1n) is 13.1. The van der Waals surface area contributed by atoms with Crippen molar-refractivity contribution < 1.29 is 9.53 Å². The Bertz CT molecular complexity index is 1260. The second kappa shape index (κ2) is 12.9. The molecule has 1 N–H and O–H groups in total. The van der Waals surface area contributed by atoms with Crippen LogP contribution in [0.3, 0.4) is 0 Å². The summed E-state index contributed by atoms with van der Waals surface area (Å²) in [7, 11) is 0. The Morgan fingerprint density at radius 2 is 1.69 bits per heavy atom. The molecule has 0 unspecified atom stereocenters. The number of fused-ring (bicyclic) bond motifs is 1. The van der Waals surface area contributed by atoms with Gasteiger partial charge in [-0.2, -0.15) is 0 Å². The van der Waals surface area contributed by atoms with Gasteiger partial charge >= 0.3 is 0 Å². The summed E-state index contributed by atoms with van der Waals surface area (Å²) in [5.74, 6) is 2.14. The Hall–Kier alpha value is -3.60. The summed E-state index contributed by atoms with van der Waals surface area (Å²) < 4.78 is 8.43. The van der Waals surface area contributed by atoms with Gasteiger partial charge in [0.05, 0.1) is 17.6 Å². The number of carbonyl (C=O) groups excluding carboxylic acids is 1. The molecule has 5 heteroatoms. The zero-order valence-corrected chi connectivity index (χ0v) is 21.5. The number of benzene rings is 3. The summed E-state index contributed by atoms with van der Waals surface area (Å²) in [5, 5.41) is 3.02. The van der Waals surface area contributed by atoms with Gasteiger partial charge in [0.2, 0.25) is 0 Å². The molecule has 0 radical (unpaired) electrons. The van der Waals surface area contributed by atoms with Crippen LogP contribution in [0.5, 0.6) is 5.75 Å². The number of para-hydroxylation sites is 2. The van der Waals surface area contributed by atoms with Gasteiger partial charge in [-0.15, -0.1) is 0 Å². The number of unbranched alkanes of at least 4 members (excludes halogenated alkanes) is 3. The van der Waals surface area contributed by atoms with Crippen molar-refractivity contribution in [3.63, 3.8) is 0 Å². The molecule has 188 valence electrons. The van der Waals surface area contributed by atoms with Crippen LogP contribution in [0.2, 0.25) is 0 Å². The van der Waals surface area contributed by atoms with Crippen LogP contribution in [0.15, 0.2) is 72.8 Å². The zero-order valence-electron chi connectivity index (χ0n) is 21.5. The fraction of sp³-hybridized carbons (Fsp3) is 0.355. The molecular formula is C31H37N3O2. The molecule has 4 rings (SSSR count). The van der Waals surface area contributed by atoms with Gasteiger partial charge in [-0.05, 0) is 81.0 Å². The Morgan fingerprint density at radius 1 is 0.889 bits per heavy atom. The van der Waals surface area contributed by atoms with Crippen LogP contribution in [0.25, 0.3) is 11.0 Å². The number of nitrogens with one attached hydrogen (secondary N) is 1. The lowest BCUT2D eigenvalue weighted by molar-refractivity contribution is 0.0953. The summed E-state index contributed by atoms with van der Waals surface area (Å²) in [4.78, 5) is 17.1. The third kappa shape index (κ3) is 6.97. The van der Waals surface area contributed by atoms with E-state index in [2.05, 4.69) is 66.2 Å². The fourth-order valence-electron chi connectivity index (χ4n) is 4.46. The first-order valence-corrected chi connectivity index (χ1v) is 13.1. The van der Waals surface area contributed by atoms with Crippen LogP contribution in [0.1, 0.15) is 59.4 Å². The van der Waals surface area contributed by atoms with Crippen LogP contribution >= 0.6 is 0 Å². The molecule has 1 aromatic heterocycles. The van der Waals surface area contributed by atoms with Crippen molar-refractivity contribution in [1.29, 1.82) is 0 Å². The van der Waals surface area contributed by atoms with E-state index in [1.807, 2.05) is 30.3 Å². The average Bonchev–Trinajstić information content (AvgIpc) is 3.25. The molecule has 0 aliphatic carbocycles. The molecule has 1 amide bonds. The first-order chi connectivity index (χ1) is 17.6. The number of aromatic nitrogens is 2. The number of rotatable bonds is 13. The normalized spacial score (nSPS) is 11.1. The molecule has 0 saturated carbocycles. The molecule has 4 aromatic rings. The first kappa shape index (κ1) is 25.5. The number of hydrogen-bond donors (Lipinski definition) is 1. The summed E-state index contributed by atoms with van der Waals surface area (Å²) >= 11 is 0. The third-order valence-electron chi connectivity index (χ3n) is 6.51. The Kier molecular flexibility index (Phi) is 9.15. The summed E-state index contributed by atoms with van der Waals surface area (Å²) in [6.07, 6.45) is 6.07. The predicted octanol–water partition coefficient (Wildman–Crippen LogP) is 6.66. The van der Waals surface area contributed by atoms with Crippen LogP contribution in [-0.2, 0) is 13.0 Å². The van der Waals surface area contributed by atoms with Crippen molar-refractivity contribution in [3.8, 4) is 5.75 Å². The molecule has 0 aliphatic rings. The van der Waals surface area contributed by atoms with E-state index in [1.165, 1.54) is 16.6 Å². The molecular weight excluding hydrogens is 446 g/mol. The SMILES string of the molecule is Cc1ccc(C)c(OCCCCn2c(CCCCCNC(=O)c3ccccc3)nc3ccccc32)c1. The quantitative estimate of drug-likeness (QED) is 0.217. The Balaban J connectivity index is 1.23. The van der Waals surface area contributed by atoms with Crippen LogP contribution in [0, 0.1) is 13.8 Å². The van der Waals surface area contributed by atoms with Crippen molar-refractivity contribution in [3.05, 3.63) is 95.3 Å². The van der Waals surface area contributed by atoms with Gasteiger partial charge in [-0.1, -0.05) is 48.9 Å². The summed E-state index contributed by atoms with van der Waals surface area (Å²) in [5.41, 5.74) is 5.39. The number of ether oxygens (including phenoxy) is 1. The molecule has 3 aromatic carbocycles. The predicted molar refractivity (Wildman–Crippen MR) is 147 cm³/mol. The van der Waals surface area contributed by atoms with Crippen molar-refractivity contribution in [1.82, 2.24) is 14.9 Å². The minimum absolute atomic E-state index is 0.000989. The van der Waals surface area contributed by atoms with E-state index < -0.39 is 0 Å². The molecule has 5 nitrogen and oxygen atoms in total. The van der Waals surface area contributed by atoms with Crippen LogP contribution in [0.4, 0.5) is 0 Å². The minimum Gasteiger partial charge on any atom is -0.493 e. The van der Waals surface area contributed by atoms with Crippen LogP contribution in [-0.4, -0.2) is 28.6 Å². The molecule has 0 bridgehead atoms. The standard InChI is InChI=1S/C31H37N3O2/c1-24-18-19-25(2)29(23-24)36-22-12-11-21-34-28-16-9-8-15-27(28)33-30(34)17-7-4-10-20-32-31(35)26-13-5-3-6-14-26/h3,5-6,8-9,13-16,18-19,23H,4,7,10-12,17,20-22H2,1-2H3,(H,32,35). The molecule has 0 aliphatic heterocycles. The van der Waals surface area contributed by atoms with Gasteiger partial charge in [0, 0.05) is 25.1 Å². The van der Waals surface area contributed by atoms with Crippen molar-refractivity contribution >= 4 is 16.9 Å². The Morgan fingerprint density at radius 3 is 2.56 bits per heavy atom. The highest BCUT2D eigenvalue weighted by Crippen LogP contribution is 2.21. The minimum atomic E-state index is -0.000989. The maximum atomic E-state index is 12.2. The number of amides is 1. The van der Waals surface area contributed by atoms with Gasteiger partial charge in [0.25, 0.3) is 5.91 Å². The van der Waals surface area contributed by atoms with Crippen molar-refractivity contribution in [2.75, 3.05) is 13.2 Å². The topological polar surface area (TPSA) is 56.1 Å². The summed E-state index contributed by atoms with van der Waals surface area (Å²) in [6, 6.07) is 24.1. The number of nitrogens with zero attached hydrogens (tertiary/aromatic N) is 2. The highest BCUT2D eigenvalue weighted by atomic mass is 16.5. The smallest absolute Gasteiger partial charge is 0.251 e. The van der Waals surface area contributed by atoms with E-state index in [9.17, 15) is 4.79 Å². The highest BCUT2D eigenvalue weighted by molar-refractivity contribution is 5.94. The number of hydrogen-bond acceptors (Lipinski definition) is 3. The van der Waals surface area contributed by atoms with E-state index >= 15 is 0 Å². The van der Waals surface area contributed by atoms with Gasteiger partial charge in [-0.25, -0.2) is 4.98 Å². The number of carbonyl (C=O) groups is 1. The second-order valence-electron chi connectivity index (χ2n) is 9.43. The van der Waals surface area contributed by atoms with E-state index in [-0.39, 0.29) is 5.91 Å². The Labute approximate surface area is 214 Å². The van der Waals surface area contributed by atoms with Crippen molar-refractivity contribution in [2.24, 2.45) is 0 Å². The molecule has 0 fully saturated rings. The van der Waals surface area contributed by atoms with Gasteiger partial charge in [0.15, 0.2) is 0 Å². The highest BCUT2D eigenvalue weighted by Gasteiger charge is 2.10. The maximum Gasteiger partial charge on any atom is 0.251 e. The van der Waals surface area contributed by atoms with Gasteiger partial charge < -0.3 is 14.6 Å². The largest absolute Gasteiger partial charge is 0.493 e. The van der Waals surface area contributed by atoms with Gasteiger partial charge in [-0.3, -0.25) is 4.79 Å². The van der Waals surface area contributed by atoms with Gasteiger partial charge in [0.1, 0.15) is 11.6 Å². The maximum absolute atomic E-state index is 12.2. The van der Waals surface area contributed by atoms with Crippen LogP contribution < -0.4 is 10.1 Å². The monoisotopic (exact) mass is 483 g/mol. The average molecular weight is 484 g/mol. The lowest BCUT2D eigenvalue weighted by Crippen LogP contribution is -2.24. The zero-order chi connectivity index (χ0) is 25.2. The number of imidazole rings is 1. The molecule has 1 heterocycles. The van der Waals surface area contributed by atoms with Crippen molar-refractivity contribution in [2.45, 2.75) is 58.9 Å². The molecule has 0 saturated heterocycles. The number of aryl methyl sites for hydroxylation is 4. The van der Waals surface area contributed by atoms with E-state index in [4.69, 9.17) is 9.72 Å². The lowest BCUT2D eigenvalue weighted by atomic mass is 10.1. The van der Waals surface area contributed by atoms with E-state index in [0.29, 0.717) is 12.1 Å². The lowest BCUT2D eigenvalue weighted by Gasteiger charge is -2.12. The molecule has 0 spiro atoms.